The van der Waals surface area contributed by atoms with Gasteiger partial charge < -0.3 is 14.8 Å². The van der Waals surface area contributed by atoms with Gasteiger partial charge in [-0.3, -0.25) is 4.79 Å². The SMILES string of the molecule is COc1ccc(C(=O)NCCCCI)cc1OC. The van der Waals surface area contributed by atoms with Gasteiger partial charge >= 0.3 is 0 Å². The van der Waals surface area contributed by atoms with E-state index in [-0.39, 0.29) is 5.91 Å². The first kappa shape index (κ1) is 15.1. The zero-order valence-electron chi connectivity index (χ0n) is 10.7. The zero-order chi connectivity index (χ0) is 13.4. The van der Waals surface area contributed by atoms with Crippen LogP contribution in [0.5, 0.6) is 11.5 Å². The predicted molar refractivity (Wildman–Crippen MR) is 80.0 cm³/mol. The van der Waals surface area contributed by atoms with E-state index in [1.165, 1.54) is 0 Å². The molecule has 1 amide bonds. The summed E-state index contributed by atoms with van der Waals surface area (Å²) < 4.78 is 11.4. The average molecular weight is 363 g/mol. The van der Waals surface area contributed by atoms with Crippen LogP contribution in [0.3, 0.4) is 0 Å². The van der Waals surface area contributed by atoms with Gasteiger partial charge in [0.1, 0.15) is 0 Å². The van der Waals surface area contributed by atoms with Crippen LogP contribution >= 0.6 is 22.6 Å². The van der Waals surface area contributed by atoms with E-state index in [2.05, 4.69) is 27.9 Å². The summed E-state index contributed by atoms with van der Waals surface area (Å²) in [6.07, 6.45) is 2.12. The Balaban J connectivity index is 2.62. The molecule has 0 aromatic heterocycles. The van der Waals surface area contributed by atoms with Crippen LogP contribution in [0.4, 0.5) is 0 Å². The van der Waals surface area contributed by atoms with Crippen LogP contribution in [0.15, 0.2) is 18.2 Å². The molecule has 0 saturated carbocycles. The molecule has 0 unspecified atom stereocenters. The van der Waals surface area contributed by atoms with Gasteiger partial charge in [-0.2, -0.15) is 0 Å². The number of ether oxygens (including phenoxy) is 2. The summed E-state index contributed by atoms with van der Waals surface area (Å²) in [5.74, 6) is 1.11. The van der Waals surface area contributed by atoms with Gasteiger partial charge in [-0.25, -0.2) is 0 Å². The Kier molecular flexibility index (Phi) is 6.85. The van der Waals surface area contributed by atoms with Crippen molar-refractivity contribution in [3.05, 3.63) is 23.8 Å². The maximum Gasteiger partial charge on any atom is 0.251 e. The Labute approximate surface area is 121 Å². The summed E-state index contributed by atoms with van der Waals surface area (Å²) in [6, 6.07) is 5.15. The molecule has 100 valence electrons. The Hall–Kier alpha value is -0.980. The quantitative estimate of drug-likeness (QED) is 0.460. The Morgan fingerprint density at radius 2 is 1.94 bits per heavy atom. The zero-order valence-corrected chi connectivity index (χ0v) is 12.8. The fourth-order valence-corrected chi connectivity index (χ4v) is 2.04. The Morgan fingerprint density at radius 1 is 1.22 bits per heavy atom. The summed E-state index contributed by atoms with van der Waals surface area (Å²) in [4.78, 5) is 11.9. The van der Waals surface area contributed by atoms with Crippen molar-refractivity contribution < 1.29 is 14.3 Å². The maximum absolute atomic E-state index is 11.9. The van der Waals surface area contributed by atoms with Crippen LogP contribution in [0, 0.1) is 0 Å². The second-order valence-electron chi connectivity index (χ2n) is 3.72. The van der Waals surface area contributed by atoms with Crippen molar-refractivity contribution in [2.45, 2.75) is 12.8 Å². The molecule has 0 saturated heterocycles. The normalized spacial score (nSPS) is 9.94. The summed E-state index contributed by atoms with van der Waals surface area (Å²) in [5.41, 5.74) is 0.585. The monoisotopic (exact) mass is 363 g/mol. The highest BCUT2D eigenvalue weighted by Crippen LogP contribution is 2.27. The second-order valence-corrected chi connectivity index (χ2v) is 4.80. The predicted octanol–water partition coefficient (Wildman–Crippen LogP) is 2.65. The molecule has 4 nitrogen and oxygen atoms in total. The molecule has 1 aromatic rings. The smallest absolute Gasteiger partial charge is 0.251 e. The third-order valence-electron chi connectivity index (χ3n) is 2.49. The van der Waals surface area contributed by atoms with Gasteiger partial charge in [0.25, 0.3) is 5.91 Å². The molecule has 18 heavy (non-hydrogen) atoms. The number of benzene rings is 1. The molecule has 0 bridgehead atoms. The van der Waals surface area contributed by atoms with E-state index >= 15 is 0 Å². The van der Waals surface area contributed by atoms with Gasteiger partial charge in [0.2, 0.25) is 0 Å². The lowest BCUT2D eigenvalue weighted by Crippen LogP contribution is -2.24. The maximum atomic E-state index is 11.9. The lowest BCUT2D eigenvalue weighted by Gasteiger charge is -2.09. The molecule has 5 heteroatoms. The molecule has 0 aliphatic heterocycles. The number of rotatable bonds is 7. The van der Waals surface area contributed by atoms with Crippen LogP contribution in [0.25, 0.3) is 0 Å². The third kappa shape index (κ3) is 4.36. The van der Waals surface area contributed by atoms with E-state index in [1.807, 2.05) is 0 Å². The largest absolute Gasteiger partial charge is 0.493 e. The molecule has 0 spiro atoms. The van der Waals surface area contributed by atoms with Gasteiger partial charge in [0.05, 0.1) is 14.2 Å². The minimum atomic E-state index is -0.0792. The van der Waals surface area contributed by atoms with Gasteiger partial charge in [-0.15, -0.1) is 0 Å². The summed E-state index contributed by atoms with van der Waals surface area (Å²) in [7, 11) is 3.13. The molecule has 0 radical (unpaired) electrons. The van der Waals surface area contributed by atoms with Crippen LogP contribution in [-0.4, -0.2) is 31.1 Å². The molecular weight excluding hydrogens is 345 g/mol. The number of alkyl halides is 1. The first-order chi connectivity index (χ1) is 8.72. The van der Waals surface area contributed by atoms with Gasteiger partial charge in [-0.1, -0.05) is 22.6 Å². The minimum absolute atomic E-state index is 0.0792. The van der Waals surface area contributed by atoms with E-state index in [9.17, 15) is 4.79 Å². The van der Waals surface area contributed by atoms with Crippen LogP contribution in [-0.2, 0) is 0 Å². The molecule has 0 atom stereocenters. The van der Waals surface area contributed by atoms with E-state index in [4.69, 9.17) is 9.47 Å². The minimum Gasteiger partial charge on any atom is -0.493 e. The van der Waals surface area contributed by atoms with Gasteiger partial charge in [0, 0.05) is 12.1 Å². The summed E-state index contributed by atoms with van der Waals surface area (Å²) in [6.45, 7) is 0.705. The standard InChI is InChI=1S/C13H18INO3/c1-17-11-6-5-10(9-12(11)18-2)13(16)15-8-4-3-7-14/h5-6,9H,3-4,7-8H2,1-2H3,(H,15,16). The first-order valence-electron chi connectivity index (χ1n) is 5.79. The second kappa shape index (κ2) is 8.18. The van der Waals surface area contributed by atoms with Gasteiger partial charge in [-0.05, 0) is 35.5 Å². The van der Waals surface area contributed by atoms with Crippen LogP contribution in [0.2, 0.25) is 0 Å². The van der Waals surface area contributed by atoms with Crippen molar-refractivity contribution in [1.82, 2.24) is 5.32 Å². The van der Waals surface area contributed by atoms with E-state index < -0.39 is 0 Å². The molecule has 1 aromatic carbocycles. The lowest BCUT2D eigenvalue weighted by atomic mass is 10.2. The van der Waals surface area contributed by atoms with Crippen molar-refractivity contribution >= 4 is 28.5 Å². The van der Waals surface area contributed by atoms with Crippen molar-refractivity contribution in [2.24, 2.45) is 0 Å². The molecule has 1 N–H and O–H groups in total. The van der Waals surface area contributed by atoms with E-state index in [0.717, 1.165) is 17.3 Å². The highest BCUT2D eigenvalue weighted by Gasteiger charge is 2.09. The Bertz CT molecular complexity index is 396. The number of amides is 1. The molecular formula is C13H18INO3. The fraction of sp³-hybridized carbons (Fsp3) is 0.462. The van der Waals surface area contributed by atoms with Crippen molar-refractivity contribution in [3.8, 4) is 11.5 Å². The number of methoxy groups -OCH3 is 2. The number of unbranched alkanes of at least 4 members (excludes halogenated alkanes) is 1. The highest BCUT2D eigenvalue weighted by atomic mass is 127. The lowest BCUT2D eigenvalue weighted by molar-refractivity contribution is 0.0953. The molecule has 0 heterocycles. The first-order valence-corrected chi connectivity index (χ1v) is 7.31. The molecule has 1 rings (SSSR count). The van der Waals surface area contributed by atoms with Gasteiger partial charge in [0.15, 0.2) is 11.5 Å². The van der Waals surface area contributed by atoms with E-state index in [0.29, 0.717) is 23.6 Å². The number of halogens is 1. The molecule has 0 aliphatic carbocycles. The Morgan fingerprint density at radius 3 is 2.56 bits per heavy atom. The van der Waals surface area contributed by atoms with Crippen LogP contribution < -0.4 is 14.8 Å². The van der Waals surface area contributed by atoms with Crippen LogP contribution in [0.1, 0.15) is 23.2 Å². The number of hydrogen-bond acceptors (Lipinski definition) is 3. The number of nitrogens with one attached hydrogen (secondary N) is 1. The topological polar surface area (TPSA) is 47.6 Å². The fourth-order valence-electron chi connectivity index (χ4n) is 1.50. The molecule has 0 aliphatic rings. The molecule has 0 fully saturated rings. The number of hydrogen-bond donors (Lipinski definition) is 1. The van der Waals surface area contributed by atoms with Crippen molar-refractivity contribution in [3.63, 3.8) is 0 Å². The third-order valence-corrected chi connectivity index (χ3v) is 3.25. The average Bonchev–Trinajstić information content (AvgIpc) is 2.42. The number of carbonyl (C=O) groups is 1. The number of carbonyl (C=O) groups excluding carboxylic acids is 1. The van der Waals surface area contributed by atoms with E-state index in [1.54, 1.807) is 32.4 Å². The highest BCUT2D eigenvalue weighted by molar-refractivity contribution is 14.1. The summed E-state index contributed by atoms with van der Waals surface area (Å²) in [5, 5.41) is 2.88. The summed E-state index contributed by atoms with van der Waals surface area (Å²) >= 11 is 2.33. The van der Waals surface area contributed by atoms with Crippen molar-refractivity contribution in [1.29, 1.82) is 0 Å². The van der Waals surface area contributed by atoms with Crippen molar-refractivity contribution in [2.75, 3.05) is 25.2 Å².